The molecule has 0 heterocycles. The Morgan fingerprint density at radius 2 is 2.10 bits per heavy atom. The molecule has 10 heavy (non-hydrogen) atoms. The van der Waals surface area contributed by atoms with Gasteiger partial charge in [0, 0.05) is 0 Å². The third kappa shape index (κ3) is 2.92. The van der Waals surface area contributed by atoms with E-state index in [4.69, 9.17) is 0 Å². The van der Waals surface area contributed by atoms with E-state index in [2.05, 4.69) is 11.9 Å². The van der Waals surface area contributed by atoms with Crippen molar-refractivity contribution in [1.82, 2.24) is 5.32 Å². The molecule has 0 aromatic heterocycles. The Kier molecular flexibility index (Phi) is 4.19. The first-order chi connectivity index (χ1) is 4.59. The van der Waals surface area contributed by atoms with Gasteiger partial charge in [-0.1, -0.05) is 19.1 Å². The van der Waals surface area contributed by atoms with E-state index in [1.807, 2.05) is 0 Å². The Labute approximate surface area is 60.1 Å². The van der Waals surface area contributed by atoms with Crippen molar-refractivity contribution in [2.75, 3.05) is 6.54 Å². The molecule has 60 valence electrons. The van der Waals surface area contributed by atoms with Gasteiger partial charge in [0.05, 0.1) is 6.04 Å². The predicted molar refractivity (Wildman–Crippen MR) is 38.3 cm³/mol. The lowest BCUT2D eigenvalue weighted by Crippen LogP contribution is -2.36. The normalized spacial score (nSPS) is 13.7. The van der Waals surface area contributed by atoms with Crippen LogP contribution in [0.1, 0.15) is 13.8 Å². The van der Waals surface area contributed by atoms with Crippen molar-refractivity contribution in [1.29, 1.82) is 0 Å². The summed E-state index contributed by atoms with van der Waals surface area (Å²) in [6.07, 6.45) is -2.35. The topological polar surface area (TPSA) is 12.0 Å². The van der Waals surface area contributed by atoms with E-state index in [0.29, 0.717) is 12.1 Å². The van der Waals surface area contributed by atoms with Crippen LogP contribution in [0.3, 0.4) is 0 Å². The molecule has 1 N–H and O–H groups in total. The smallest absolute Gasteiger partial charge is 0.257 e. The molecule has 0 fully saturated rings. The van der Waals surface area contributed by atoms with E-state index in [-0.39, 0.29) is 0 Å². The van der Waals surface area contributed by atoms with E-state index in [0.717, 1.165) is 0 Å². The molecule has 0 aliphatic heterocycles. The van der Waals surface area contributed by atoms with E-state index in [1.54, 1.807) is 13.8 Å². The highest BCUT2D eigenvalue weighted by atomic mass is 19.3. The SMILES string of the molecule is C=C(C)C(NCC)C(F)F. The van der Waals surface area contributed by atoms with Crippen LogP contribution in [0, 0.1) is 0 Å². The van der Waals surface area contributed by atoms with Gasteiger partial charge in [-0.15, -0.1) is 0 Å². The average molecular weight is 149 g/mol. The number of likely N-dealkylation sites (N-methyl/N-ethyl adjacent to an activating group) is 1. The van der Waals surface area contributed by atoms with Crippen molar-refractivity contribution in [3.05, 3.63) is 12.2 Å². The predicted octanol–water partition coefficient (Wildman–Crippen LogP) is 1.81. The second kappa shape index (κ2) is 4.39. The molecule has 0 spiro atoms. The highest BCUT2D eigenvalue weighted by Crippen LogP contribution is 2.07. The fourth-order valence-corrected chi connectivity index (χ4v) is 0.698. The summed E-state index contributed by atoms with van der Waals surface area (Å²) < 4.78 is 24.0. The lowest BCUT2D eigenvalue weighted by atomic mass is 10.1. The van der Waals surface area contributed by atoms with E-state index < -0.39 is 12.5 Å². The van der Waals surface area contributed by atoms with Gasteiger partial charge in [-0.2, -0.15) is 0 Å². The van der Waals surface area contributed by atoms with Crippen LogP contribution in [0.4, 0.5) is 8.78 Å². The van der Waals surface area contributed by atoms with Gasteiger partial charge in [-0.25, -0.2) is 8.78 Å². The van der Waals surface area contributed by atoms with Crippen molar-refractivity contribution in [2.45, 2.75) is 26.3 Å². The molecule has 0 aliphatic rings. The molecule has 0 aromatic rings. The Balaban J connectivity index is 3.85. The lowest BCUT2D eigenvalue weighted by molar-refractivity contribution is 0.114. The summed E-state index contributed by atoms with van der Waals surface area (Å²) in [6, 6.07) is -0.843. The zero-order valence-electron chi connectivity index (χ0n) is 6.32. The van der Waals surface area contributed by atoms with Gasteiger partial charge in [0.25, 0.3) is 6.43 Å². The zero-order chi connectivity index (χ0) is 8.15. The van der Waals surface area contributed by atoms with Gasteiger partial charge in [0.1, 0.15) is 0 Å². The van der Waals surface area contributed by atoms with Crippen LogP contribution in [0.25, 0.3) is 0 Å². The molecule has 0 rings (SSSR count). The van der Waals surface area contributed by atoms with Crippen LogP contribution in [0.5, 0.6) is 0 Å². The van der Waals surface area contributed by atoms with Crippen LogP contribution in [-0.2, 0) is 0 Å². The molecule has 0 saturated heterocycles. The van der Waals surface area contributed by atoms with Crippen molar-refractivity contribution in [2.24, 2.45) is 0 Å². The molecular weight excluding hydrogens is 136 g/mol. The van der Waals surface area contributed by atoms with Crippen molar-refractivity contribution in [3.8, 4) is 0 Å². The summed E-state index contributed by atoms with van der Waals surface area (Å²) in [4.78, 5) is 0. The highest BCUT2D eigenvalue weighted by molar-refractivity contribution is 5.02. The van der Waals surface area contributed by atoms with Gasteiger partial charge >= 0.3 is 0 Å². The minimum absolute atomic E-state index is 0.483. The van der Waals surface area contributed by atoms with E-state index >= 15 is 0 Å². The number of nitrogens with one attached hydrogen (secondary N) is 1. The van der Waals surface area contributed by atoms with Gasteiger partial charge in [0.15, 0.2) is 0 Å². The fourth-order valence-electron chi connectivity index (χ4n) is 0.698. The molecule has 0 aromatic carbocycles. The van der Waals surface area contributed by atoms with Gasteiger partial charge in [0.2, 0.25) is 0 Å². The molecule has 1 nitrogen and oxygen atoms in total. The minimum atomic E-state index is -2.35. The van der Waals surface area contributed by atoms with Gasteiger partial charge in [-0.3, -0.25) is 0 Å². The maximum Gasteiger partial charge on any atom is 0.257 e. The molecule has 3 heteroatoms. The number of hydrogen-bond acceptors (Lipinski definition) is 1. The number of alkyl halides is 2. The summed E-state index contributed by atoms with van der Waals surface area (Å²) in [5.74, 6) is 0. The summed E-state index contributed by atoms with van der Waals surface area (Å²) in [5, 5.41) is 2.63. The first-order valence-corrected chi connectivity index (χ1v) is 3.26. The fraction of sp³-hybridized carbons (Fsp3) is 0.714. The molecule has 0 saturated carbocycles. The van der Waals surface area contributed by atoms with Crippen molar-refractivity contribution < 1.29 is 8.78 Å². The first-order valence-electron chi connectivity index (χ1n) is 3.26. The maximum absolute atomic E-state index is 12.0. The summed E-state index contributed by atoms with van der Waals surface area (Å²) in [7, 11) is 0. The highest BCUT2D eigenvalue weighted by Gasteiger charge is 2.18. The van der Waals surface area contributed by atoms with Crippen LogP contribution in [0.15, 0.2) is 12.2 Å². The Bertz CT molecular complexity index is 112. The Morgan fingerprint density at radius 1 is 1.60 bits per heavy atom. The molecule has 0 bridgehead atoms. The monoisotopic (exact) mass is 149 g/mol. The summed E-state index contributed by atoms with van der Waals surface area (Å²) in [5.41, 5.74) is 0.483. The van der Waals surface area contributed by atoms with Crippen molar-refractivity contribution >= 4 is 0 Å². The van der Waals surface area contributed by atoms with Gasteiger partial charge in [-0.05, 0) is 13.5 Å². The summed E-state index contributed by atoms with van der Waals surface area (Å²) >= 11 is 0. The minimum Gasteiger partial charge on any atom is -0.306 e. The lowest BCUT2D eigenvalue weighted by Gasteiger charge is -2.15. The van der Waals surface area contributed by atoms with Crippen molar-refractivity contribution in [3.63, 3.8) is 0 Å². The largest absolute Gasteiger partial charge is 0.306 e. The molecule has 0 amide bonds. The second-order valence-corrected chi connectivity index (χ2v) is 2.22. The first kappa shape index (κ1) is 9.56. The average Bonchev–Trinajstić information content (AvgIpc) is 1.81. The second-order valence-electron chi connectivity index (χ2n) is 2.22. The van der Waals surface area contributed by atoms with Crippen LogP contribution in [-0.4, -0.2) is 19.0 Å². The van der Waals surface area contributed by atoms with E-state index in [1.165, 1.54) is 0 Å². The van der Waals surface area contributed by atoms with Crippen LogP contribution in [0.2, 0.25) is 0 Å². The Hall–Kier alpha value is -0.440. The maximum atomic E-state index is 12.0. The van der Waals surface area contributed by atoms with Crippen LogP contribution >= 0.6 is 0 Å². The summed E-state index contributed by atoms with van der Waals surface area (Å²) in [6.45, 7) is 7.38. The van der Waals surface area contributed by atoms with Crippen LogP contribution < -0.4 is 5.32 Å². The Morgan fingerprint density at radius 3 is 2.20 bits per heavy atom. The molecule has 1 atom stereocenters. The molecule has 0 radical (unpaired) electrons. The third-order valence-electron chi connectivity index (χ3n) is 1.21. The molecular formula is C7H13F2N. The molecule has 0 aliphatic carbocycles. The molecule has 1 unspecified atom stereocenters. The number of rotatable bonds is 4. The standard InChI is InChI=1S/C7H13F2N/c1-4-10-6(5(2)3)7(8)9/h6-7,10H,2,4H2,1,3H3. The van der Waals surface area contributed by atoms with E-state index in [9.17, 15) is 8.78 Å². The number of halogens is 2. The quantitative estimate of drug-likeness (QED) is 0.601. The number of hydrogen-bond donors (Lipinski definition) is 1. The van der Waals surface area contributed by atoms with Gasteiger partial charge < -0.3 is 5.32 Å². The third-order valence-corrected chi connectivity index (χ3v) is 1.21. The zero-order valence-corrected chi connectivity index (χ0v) is 6.32.